The van der Waals surface area contributed by atoms with Crippen molar-refractivity contribution >= 4 is 57.9 Å². The number of carbonyl (C=O) groups excluding carboxylic acids is 4. The highest BCUT2D eigenvalue weighted by molar-refractivity contribution is 7.10. The fraction of sp³-hybridized carbons (Fsp3) is 0.261. The van der Waals surface area contributed by atoms with Crippen LogP contribution in [0.3, 0.4) is 0 Å². The van der Waals surface area contributed by atoms with Gasteiger partial charge >= 0.3 is 5.97 Å². The Hall–Kier alpha value is -3.97. The number of ether oxygens (including phenoxy) is 2. The predicted octanol–water partition coefficient (Wildman–Crippen LogP) is 2.35. The molecule has 2 aromatic heterocycles. The summed E-state index contributed by atoms with van der Waals surface area (Å²) >= 11 is 1.96. The molecule has 1 atom stereocenters. The third-order valence-corrected chi connectivity index (χ3v) is 6.61. The molecule has 3 rings (SSSR count). The molecule has 3 aromatic rings. The van der Waals surface area contributed by atoms with E-state index < -0.39 is 29.7 Å². The summed E-state index contributed by atoms with van der Waals surface area (Å²) in [5.41, 5.74) is 11.3. The highest BCUT2D eigenvalue weighted by atomic mass is 32.1. The first-order valence-electron chi connectivity index (χ1n) is 10.9. The maximum absolute atomic E-state index is 13.9. The second-order valence-corrected chi connectivity index (χ2v) is 8.93. The topological polar surface area (TPSA) is 167 Å². The minimum absolute atomic E-state index is 0.0579. The summed E-state index contributed by atoms with van der Waals surface area (Å²) in [6.07, 6.45) is 0. The van der Waals surface area contributed by atoms with Gasteiger partial charge in [-0.2, -0.15) is 4.37 Å². The molecule has 1 aromatic carbocycles. The molecule has 36 heavy (non-hydrogen) atoms. The summed E-state index contributed by atoms with van der Waals surface area (Å²) in [6, 6.07) is 8.81. The van der Waals surface area contributed by atoms with Crippen molar-refractivity contribution < 1.29 is 28.7 Å². The van der Waals surface area contributed by atoms with Crippen LogP contribution in [-0.4, -0.2) is 47.8 Å². The number of nitrogen functional groups attached to an aromatic ring is 1. The van der Waals surface area contributed by atoms with Crippen molar-refractivity contribution in [1.29, 1.82) is 0 Å². The largest absolute Gasteiger partial charge is 0.494 e. The number of aromatic nitrogens is 1. The molecule has 11 nitrogen and oxygen atoms in total. The van der Waals surface area contributed by atoms with Crippen LogP contribution in [0.5, 0.6) is 5.75 Å². The normalized spacial score (nSPS) is 11.4. The van der Waals surface area contributed by atoms with Crippen molar-refractivity contribution in [3.05, 3.63) is 57.2 Å². The van der Waals surface area contributed by atoms with Crippen molar-refractivity contribution in [2.24, 2.45) is 5.73 Å². The van der Waals surface area contributed by atoms with Crippen LogP contribution in [0.2, 0.25) is 0 Å². The molecule has 2 heterocycles. The minimum atomic E-state index is -1.18. The van der Waals surface area contributed by atoms with Gasteiger partial charge in [-0.3, -0.25) is 24.1 Å². The molecule has 0 aliphatic carbocycles. The van der Waals surface area contributed by atoms with Crippen molar-refractivity contribution in [2.45, 2.75) is 19.9 Å². The number of hydrogen-bond donors (Lipinski definition) is 3. The second kappa shape index (κ2) is 12.1. The zero-order valence-electron chi connectivity index (χ0n) is 19.6. The molecule has 5 N–H and O–H groups in total. The summed E-state index contributed by atoms with van der Waals surface area (Å²) in [4.78, 5) is 52.5. The van der Waals surface area contributed by atoms with Gasteiger partial charge in [0.1, 0.15) is 17.2 Å². The Morgan fingerprint density at radius 1 is 1.11 bits per heavy atom. The number of carbonyl (C=O) groups is 4. The summed E-state index contributed by atoms with van der Waals surface area (Å²) in [5.74, 6) is -2.22. The maximum Gasteiger partial charge on any atom is 0.325 e. The SMILES string of the molecule is CCOC(=O)CNC(=O)[C@H](c1cccs1)N(C(=O)c1snc(C(N)=O)c1N)c1ccc(OCC)cc1. The van der Waals surface area contributed by atoms with E-state index in [1.807, 2.05) is 6.92 Å². The van der Waals surface area contributed by atoms with E-state index in [9.17, 15) is 19.2 Å². The number of hydrogen-bond acceptors (Lipinski definition) is 10. The molecule has 0 aliphatic rings. The monoisotopic (exact) mass is 531 g/mol. The van der Waals surface area contributed by atoms with E-state index in [4.69, 9.17) is 20.9 Å². The average molecular weight is 532 g/mol. The van der Waals surface area contributed by atoms with E-state index in [-0.39, 0.29) is 29.4 Å². The molecule has 0 saturated carbocycles. The Morgan fingerprint density at radius 2 is 1.83 bits per heavy atom. The zero-order valence-corrected chi connectivity index (χ0v) is 21.2. The van der Waals surface area contributed by atoms with Gasteiger partial charge in [-0.25, -0.2) is 0 Å². The van der Waals surface area contributed by atoms with Crippen LogP contribution in [0, 0.1) is 0 Å². The van der Waals surface area contributed by atoms with Crippen LogP contribution in [0.25, 0.3) is 0 Å². The standard InChI is InChI=1S/C23H25N5O6S2/c1-3-33-14-9-7-13(8-10-14)28(23(32)20-17(24)18(21(25)30)27-36-20)19(15-6-5-11-35-15)22(31)26-12-16(29)34-4-2/h5-11,19H,3-4,12,24H2,1-2H3,(H2,25,30)(H,26,31)/t19-/m0/s1. The fourth-order valence-corrected chi connectivity index (χ4v) is 4.84. The Morgan fingerprint density at radius 3 is 2.39 bits per heavy atom. The number of nitrogens with one attached hydrogen (secondary N) is 1. The van der Waals surface area contributed by atoms with Gasteiger partial charge in [-0.05, 0) is 61.1 Å². The molecule has 0 fully saturated rings. The lowest BCUT2D eigenvalue weighted by Crippen LogP contribution is -2.45. The van der Waals surface area contributed by atoms with Gasteiger partial charge in [0, 0.05) is 10.6 Å². The van der Waals surface area contributed by atoms with Gasteiger partial charge in [-0.15, -0.1) is 11.3 Å². The Kier molecular flexibility index (Phi) is 8.97. The lowest BCUT2D eigenvalue weighted by Gasteiger charge is -2.30. The lowest BCUT2D eigenvalue weighted by atomic mass is 10.1. The van der Waals surface area contributed by atoms with Crippen molar-refractivity contribution in [2.75, 3.05) is 30.4 Å². The second-order valence-electron chi connectivity index (χ2n) is 7.18. The number of thiophene rings is 1. The first-order chi connectivity index (χ1) is 17.3. The summed E-state index contributed by atoms with van der Waals surface area (Å²) in [6.45, 7) is 3.72. The van der Waals surface area contributed by atoms with E-state index in [0.717, 1.165) is 0 Å². The molecule has 0 spiro atoms. The van der Waals surface area contributed by atoms with E-state index in [1.54, 1.807) is 48.7 Å². The molecular formula is C23H25N5O6S2. The average Bonchev–Trinajstić information content (AvgIpc) is 3.51. The number of esters is 1. The third kappa shape index (κ3) is 5.98. The zero-order chi connectivity index (χ0) is 26.2. The molecule has 0 bridgehead atoms. The van der Waals surface area contributed by atoms with Crippen LogP contribution in [-0.2, 0) is 14.3 Å². The first kappa shape index (κ1) is 26.6. The smallest absolute Gasteiger partial charge is 0.325 e. The molecule has 190 valence electrons. The Balaban J connectivity index is 2.09. The lowest BCUT2D eigenvalue weighted by molar-refractivity contribution is -0.143. The maximum atomic E-state index is 13.9. The van der Waals surface area contributed by atoms with Gasteiger partial charge in [0.15, 0.2) is 11.7 Å². The van der Waals surface area contributed by atoms with Crippen LogP contribution >= 0.6 is 22.9 Å². The minimum Gasteiger partial charge on any atom is -0.494 e. The van der Waals surface area contributed by atoms with Crippen LogP contribution < -0.4 is 26.4 Å². The number of amides is 3. The van der Waals surface area contributed by atoms with Crippen LogP contribution in [0.15, 0.2) is 41.8 Å². The van der Waals surface area contributed by atoms with Crippen LogP contribution in [0.4, 0.5) is 11.4 Å². The quantitative estimate of drug-likeness (QED) is 0.317. The molecular weight excluding hydrogens is 506 g/mol. The molecule has 3 amide bonds. The summed E-state index contributed by atoms with van der Waals surface area (Å²) in [7, 11) is 0. The highest BCUT2D eigenvalue weighted by Crippen LogP contribution is 2.35. The van der Waals surface area contributed by atoms with Crippen molar-refractivity contribution in [3.63, 3.8) is 0 Å². The van der Waals surface area contributed by atoms with Gasteiger partial charge in [0.25, 0.3) is 11.8 Å². The number of anilines is 2. The highest BCUT2D eigenvalue weighted by Gasteiger charge is 2.36. The third-order valence-electron chi connectivity index (χ3n) is 4.83. The summed E-state index contributed by atoms with van der Waals surface area (Å²) < 4.78 is 14.3. The van der Waals surface area contributed by atoms with Crippen LogP contribution in [0.1, 0.15) is 44.9 Å². The predicted molar refractivity (Wildman–Crippen MR) is 136 cm³/mol. The number of nitrogens with two attached hydrogens (primary N) is 2. The van der Waals surface area contributed by atoms with Crippen molar-refractivity contribution in [1.82, 2.24) is 9.69 Å². The number of benzene rings is 1. The van der Waals surface area contributed by atoms with E-state index in [2.05, 4.69) is 9.69 Å². The van der Waals surface area contributed by atoms with E-state index in [0.29, 0.717) is 34.5 Å². The molecule has 0 radical (unpaired) electrons. The van der Waals surface area contributed by atoms with Crippen molar-refractivity contribution in [3.8, 4) is 5.75 Å². The number of primary amides is 1. The summed E-state index contributed by atoms with van der Waals surface area (Å²) in [5, 5.41) is 4.30. The first-order valence-corrected chi connectivity index (χ1v) is 12.5. The Bertz CT molecular complexity index is 1230. The van der Waals surface area contributed by atoms with Gasteiger partial charge in [-0.1, -0.05) is 6.07 Å². The van der Waals surface area contributed by atoms with E-state index >= 15 is 0 Å². The van der Waals surface area contributed by atoms with E-state index in [1.165, 1.54) is 16.2 Å². The Labute approximate surface area is 215 Å². The van der Waals surface area contributed by atoms with Gasteiger partial charge < -0.3 is 26.3 Å². The fourth-order valence-electron chi connectivity index (χ4n) is 3.28. The number of nitrogens with zero attached hydrogens (tertiary/aromatic N) is 2. The number of rotatable bonds is 11. The van der Waals surface area contributed by atoms with Gasteiger partial charge in [0.2, 0.25) is 5.91 Å². The molecule has 0 aliphatic heterocycles. The molecule has 0 unspecified atom stereocenters. The molecule has 0 saturated heterocycles. The van der Waals surface area contributed by atoms with Gasteiger partial charge in [0.05, 0.1) is 18.9 Å². The molecule has 13 heteroatoms.